The number of ether oxygens (including phenoxy) is 2. The van der Waals surface area contributed by atoms with E-state index in [1.165, 1.54) is 26.5 Å². The van der Waals surface area contributed by atoms with Crippen LogP contribution in [0.4, 0.5) is 5.69 Å². The molecule has 0 aromatic heterocycles. The fraction of sp³-hybridized carbons (Fsp3) is 0.125. The molecule has 150 valence electrons. The standard InChI is InChI=1S/C24H20N2O4/c1-29-23-12-18(22(26(27)28)13-24(23)30-2)14-25-15-21-19-9-5-3-7-16(19)11-17-8-4-6-10-20(17)21/h3-14H,15H2,1-2H3. The van der Waals surface area contributed by atoms with Gasteiger partial charge in [0.2, 0.25) is 0 Å². The third-order valence-corrected chi connectivity index (χ3v) is 5.09. The fourth-order valence-electron chi connectivity index (χ4n) is 3.66. The maximum atomic E-state index is 11.5. The second-order valence-corrected chi connectivity index (χ2v) is 6.79. The molecule has 0 radical (unpaired) electrons. The van der Waals surface area contributed by atoms with Crippen molar-refractivity contribution in [2.75, 3.05) is 14.2 Å². The van der Waals surface area contributed by atoms with E-state index in [1.54, 1.807) is 6.07 Å². The maximum Gasteiger partial charge on any atom is 0.282 e. The van der Waals surface area contributed by atoms with Crippen LogP contribution in [0.15, 0.2) is 71.7 Å². The largest absolute Gasteiger partial charge is 0.493 e. The van der Waals surface area contributed by atoms with Crippen LogP contribution < -0.4 is 9.47 Å². The van der Waals surface area contributed by atoms with Gasteiger partial charge in [0.15, 0.2) is 11.5 Å². The van der Waals surface area contributed by atoms with Gasteiger partial charge < -0.3 is 9.47 Å². The summed E-state index contributed by atoms with van der Waals surface area (Å²) in [4.78, 5) is 15.6. The first kappa shape index (κ1) is 19.4. The van der Waals surface area contributed by atoms with E-state index in [2.05, 4.69) is 35.3 Å². The van der Waals surface area contributed by atoms with Crippen LogP contribution in [0.2, 0.25) is 0 Å². The average molecular weight is 400 g/mol. The first-order valence-electron chi connectivity index (χ1n) is 9.42. The Labute approximate surface area is 173 Å². The van der Waals surface area contributed by atoms with Gasteiger partial charge in [0.25, 0.3) is 5.69 Å². The lowest BCUT2D eigenvalue weighted by atomic mass is 9.97. The van der Waals surface area contributed by atoms with Crippen molar-refractivity contribution < 1.29 is 14.4 Å². The third kappa shape index (κ3) is 3.55. The summed E-state index contributed by atoms with van der Waals surface area (Å²) in [6.45, 7) is 0.396. The van der Waals surface area contributed by atoms with Gasteiger partial charge in [0, 0.05) is 6.21 Å². The van der Waals surface area contributed by atoms with E-state index in [4.69, 9.17) is 9.47 Å². The number of fused-ring (bicyclic) bond motifs is 2. The molecular weight excluding hydrogens is 380 g/mol. The fourth-order valence-corrected chi connectivity index (χ4v) is 3.66. The molecule has 4 aromatic rings. The first-order chi connectivity index (χ1) is 14.6. The molecule has 0 aliphatic carbocycles. The van der Waals surface area contributed by atoms with E-state index in [1.807, 2.05) is 24.3 Å². The van der Waals surface area contributed by atoms with E-state index in [9.17, 15) is 10.1 Å². The van der Waals surface area contributed by atoms with Crippen LogP contribution in [-0.2, 0) is 6.54 Å². The molecular formula is C24H20N2O4. The average Bonchev–Trinajstić information content (AvgIpc) is 2.77. The molecule has 0 amide bonds. The molecule has 0 atom stereocenters. The molecule has 6 nitrogen and oxygen atoms in total. The highest BCUT2D eigenvalue weighted by Crippen LogP contribution is 2.34. The Morgan fingerprint density at radius 3 is 2.03 bits per heavy atom. The van der Waals surface area contributed by atoms with Crippen LogP contribution >= 0.6 is 0 Å². The summed E-state index contributed by atoms with van der Waals surface area (Å²) in [5, 5.41) is 16.0. The molecule has 0 N–H and O–H groups in total. The van der Waals surface area contributed by atoms with Crippen molar-refractivity contribution in [2.45, 2.75) is 6.54 Å². The Bertz CT molecular complexity index is 1230. The van der Waals surface area contributed by atoms with Crippen molar-refractivity contribution in [3.05, 3.63) is 88.0 Å². The second kappa shape index (κ2) is 8.21. The lowest BCUT2D eigenvalue weighted by molar-refractivity contribution is -0.385. The van der Waals surface area contributed by atoms with Gasteiger partial charge in [0.05, 0.1) is 37.3 Å². The van der Waals surface area contributed by atoms with Crippen molar-refractivity contribution in [1.29, 1.82) is 0 Å². The number of aliphatic imine (C=N–C) groups is 1. The van der Waals surface area contributed by atoms with E-state index in [-0.39, 0.29) is 5.69 Å². The number of benzene rings is 4. The topological polar surface area (TPSA) is 74.0 Å². The number of nitro benzene ring substituents is 1. The van der Waals surface area contributed by atoms with Crippen molar-refractivity contribution >= 4 is 33.4 Å². The monoisotopic (exact) mass is 400 g/mol. The highest BCUT2D eigenvalue weighted by molar-refractivity contribution is 6.02. The van der Waals surface area contributed by atoms with Crippen molar-refractivity contribution in [3.63, 3.8) is 0 Å². The number of methoxy groups -OCH3 is 2. The van der Waals surface area contributed by atoms with Gasteiger partial charge >= 0.3 is 0 Å². The van der Waals surface area contributed by atoms with Gasteiger partial charge in [-0.05, 0) is 39.2 Å². The quantitative estimate of drug-likeness (QED) is 0.184. The van der Waals surface area contributed by atoms with Crippen molar-refractivity contribution in [1.82, 2.24) is 0 Å². The third-order valence-electron chi connectivity index (χ3n) is 5.09. The van der Waals surface area contributed by atoms with Crippen LogP contribution in [0.25, 0.3) is 21.5 Å². The van der Waals surface area contributed by atoms with Gasteiger partial charge in [-0.1, -0.05) is 48.5 Å². The summed E-state index contributed by atoms with van der Waals surface area (Å²) in [7, 11) is 2.94. The Morgan fingerprint density at radius 1 is 0.900 bits per heavy atom. The van der Waals surface area contributed by atoms with Gasteiger partial charge in [-0.3, -0.25) is 15.1 Å². The number of nitrogens with zero attached hydrogens (tertiary/aromatic N) is 2. The molecule has 0 aliphatic heterocycles. The molecule has 30 heavy (non-hydrogen) atoms. The van der Waals surface area contributed by atoms with Crippen molar-refractivity contribution in [2.24, 2.45) is 4.99 Å². The SMILES string of the molecule is COc1cc(C=NCc2c3ccccc3cc3ccccc23)c([N+](=O)[O-])cc1OC. The van der Waals surface area contributed by atoms with E-state index in [0.29, 0.717) is 23.6 Å². The lowest BCUT2D eigenvalue weighted by Gasteiger charge is -2.10. The van der Waals surface area contributed by atoms with Crippen LogP contribution in [0.1, 0.15) is 11.1 Å². The highest BCUT2D eigenvalue weighted by Gasteiger charge is 2.18. The predicted octanol–water partition coefficient (Wildman–Crippen LogP) is 5.54. The minimum Gasteiger partial charge on any atom is -0.493 e. The normalized spacial score (nSPS) is 11.3. The first-order valence-corrected chi connectivity index (χ1v) is 9.42. The maximum absolute atomic E-state index is 11.5. The summed E-state index contributed by atoms with van der Waals surface area (Å²) in [6.07, 6.45) is 1.52. The zero-order chi connectivity index (χ0) is 21.1. The molecule has 0 saturated carbocycles. The molecule has 4 aromatic carbocycles. The molecule has 0 heterocycles. The van der Waals surface area contributed by atoms with Crippen LogP contribution in [-0.4, -0.2) is 25.4 Å². The van der Waals surface area contributed by atoms with Crippen LogP contribution in [0.3, 0.4) is 0 Å². The van der Waals surface area contributed by atoms with Gasteiger partial charge in [-0.15, -0.1) is 0 Å². The van der Waals surface area contributed by atoms with Gasteiger partial charge in [-0.25, -0.2) is 0 Å². The van der Waals surface area contributed by atoms with Gasteiger partial charge in [0.1, 0.15) is 0 Å². The number of rotatable bonds is 6. The summed E-state index contributed by atoms with van der Waals surface area (Å²) in [5.41, 5.74) is 1.37. The predicted molar refractivity (Wildman–Crippen MR) is 119 cm³/mol. The summed E-state index contributed by atoms with van der Waals surface area (Å²) in [5.74, 6) is 0.724. The number of hydrogen-bond acceptors (Lipinski definition) is 5. The van der Waals surface area contributed by atoms with E-state index < -0.39 is 4.92 Å². The Hall–Kier alpha value is -3.93. The molecule has 0 bridgehead atoms. The molecule has 0 fully saturated rings. The van der Waals surface area contributed by atoms with Gasteiger partial charge in [-0.2, -0.15) is 0 Å². The number of nitro groups is 1. The molecule has 0 unspecified atom stereocenters. The minimum absolute atomic E-state index is 0.0841. The molecule has 4 rings (SSSR count). The molecule has 0 saturated heterocycles. The molecule has 6 heteroatoms. The lowest BCUT2D eigenvalue weighted by Crippen LogP contribution is -1.99. The molecule has 0 aliphatic rings. The number of hydrogen-bond donors (Lipinski definition) is 0. The zero-order valence-electron chi connectivity index (χ0n) is 16.7. The minimum atomic E-state index is -0.448. The van der Waals surface area contributed by atoms with E-state index in [0.717, 1.165) is 27.1 Å². The Kier molecular flexibility index (Phi) is 5.30. The summed E-state index contributed by atoms with van der Waals surface area (Å²) >= 11 is 0. The smallest absolute Gasteiger partial charge is 0.282 e. The molecule has 0 spiro atoms. The Balaban J connectivity index is 1.78. The summed E-state index contributed by atoms with van der Waals surface area (Å²) in [6, 6.07) is 21.4. The summed E-state index contributed by atoms with van der Waals surface area (Å²) < 4.78 is 10.5. The Morgan fingerprint density at radius 2 is 1.47 bits per heavy atom. The zero-order valence-corrected chi connectivity index (χ0v) is 16.7. The van der Waals surface area contributed by atoms with E-state index >= 15 is 0 Å². The van der Waals surface area contributed by atoms with Crippen LogP contribution in [0, 0.1) is 10.1 Å². The highest BCUT2D eigenvalue weighted by atomic mass is 16.6. The van der Waals surface area contributed by atoms with Crippen LogP contribution in [0.5, 0.6) is 11.5 Å². The van der Waals surface area contributed by atoms with Crippen molar-refractivity contribution in [3.8, 4) is 11.5 Å². The second-order valence-electron chi connectivity index (χ2n) is 6.79.